The average molecular weight is 317 g/mol. The molecule has 5 nitrogen and oxygen atoms in total. The lowest BCUT2D eigenvalue weighted by Gasteiger charge is -2.23. The first-order chi connectivity index (χ1) is 10.6. The van der Waals surface area contributed by atoms with Crippen LogP contribution in [-0.4, -0.2) is 29.1 Å². The summed E-state index contributed by atoms with van der Waals surface area (Å²) in [5, 5.41) is 1.51. The second kappa shape index (κ2) is 6.36. The van der Waals surface area contributed by atoms with Crippen LogP contribution in [0, 0.1) is 5.92 Å². The summed E-state index contributed by atoms with van der Waals surface area (Å²) in [6.45, 7) is 1.82. The smallest absolute Gasteiger partial charge is 0.328 e. The predicted molar refractivity (Wildman–Crippen MR) is 83.2 cm³/mol. The number of ether oxygens (including phenoxy) is 2. The number of aliphatic imine (C=N–C) groups is 1. The van der Waals surface area contributed by atoms with Gasteiger partial charge < -0.3 is 9.47 Å². The second-order valence-corrected chi connectivity index (χ2v) is 6.13. The standard InChI is InChI=1S/C16H15NO4S/c1-10(15(18)20-9-11-5-3-2-4-6-11)14-17-12-7-8-22-13(12)16(19)21-14/h2-8,10,12-13H,9H2,1H3. The van der Waals surface area contributed by atoms with Gasteiger partial charge in [0.05, 0.1) is 6.04 Å². The van der Waals surface area contributed by atoms with Crippen molar-refractivity contribution in [2.75, 3.05) is 0 Å². The third-order valence-corrected chi connectivity index (χ3v) is 4.55. The van der Waals surface area contributed by atoms with Crippen LogP contribution in [0.5, 0.6) is 0 Å². The summed E-state index contributed by atoms with van der Waals surface area (Å²) in [6.07, 6.45) is 1.85. The summed E-state index contributed by atoms with van der Waals surface area (Å²) in [4.78, 5) is 28.3. The topological polar surface area (TPSA) is 65.0 Å². The van der Waals surface area contributed by atoms with E-state index in [-0.39, 0.29) is 29.8 Å². The van der Waals surface area contributed by atoms with Crippen molar-refractivity contribution in [3.63, 3.8) is 0 Å². The van der Waals surface area contributed by atoms with E-state index in [2.05, 4.69) is 4.99 Å². The van der Waals surface area contributed by atoms with Gasteiger partial charge in [0.15, 0.2) is 0 Å². The summed E-state index contributed by atoms with van der Waals surface area (Å²) in [5.74, 6) is -1.37. The Labute approximate surface area is 132 Å². The number of carbonyl (C=O) groups excluding carboxylic acids is 2. The third kappa shape index (κ3) is 3.06. The minimum atomic E-state index is -0.701. The van der Waals surface area contributed by atoms with E-state index in [0.29, 0.717) is 0 Å². The average Bonchev–Trinajstić information content (AvgIpc) is 3.02. The van der Waals surface area contributed by atoms with E-state index in [9.17, 15) is 9.59 Å². The molecule has 2 aliphatic heterocycles. The molecule has 1 aromatic rings. The van der Waals surface area contributed by atoms with Gasteiger partial charge in [-0.1, -0.05) is 36.4 Å². The largest absolute Gasteiger partial charge is 0.460 e. The van der Waals surface area contributed by atoms with E-state index < -0.39 is 11.9 Å². The number of thioether (sulfide) groups is 1. The fourth-order valence-electron chi connectivity index (χ4n) is 2.19. The molecule has 0 aliphatic carbocycles. The Morgan fingerprint density at radius 3 is 2.95 bits per heavy atom. The molecule has 0 aromatic heterocycles. The van der Waals surface area contributed by atoms with Crippen LogP contribution in [-0.2, 0) is 25.7 Å². The Morgan fingerprint density at radius 1 is 1.41 bits per heavy atom. The molecule has 6 heteroatoms. The van der Waals surface area contributed by atoms with Crippen LogP contribution >= 0.6 is 11.8 Å². The summed E-state index contributed by atoms with van der Waals surface area (Å²) in [5.41, 5.74) is 0.904. The molecule has 0 spiro atoms. The molecule has 0 amide bonds. The van der Waals surface area contributed by atoms with Crippen LogP contribution in [0.25, 0.3) is 0 Å². The van der Waals surface area contributed by atoms with E-state index >= 15 is 0 Å². The van der Waals surface area contributed by atoms with E-state index in [1.54, 1.807) is 6.92 Å². The number of esters is 2. The van der Waals surface area contributed by atoms with Crippen LogP contribution < -0.4 is 0 Å². The van der Waals surface area contributed by atoms with Gasteiger partial charge in [-0.25, -0.2) is 4.99 Å². The summed E-state index contributed by atoms with van der Waals surface area (Å²) < 4.78 is 10.4. The quantitative estimate of drug-likeness (QED) is 0.797. The molecule has 0 N–H and O–H groups in total. The molecule has 3 unspecified atom stereocenters. The Balaban J connectivity index is 1.63. The van der Waals surface area contributed by atoms with Gasteiger partial charge in [-0.3, -0.25) is 9.59 Å². The zero-order chi connectivity index (χ0) is 15.5. The monoisotopic (exact) mass is 317 g/mol. The molecule has 2 heterocycles. The fourth-order valence-corrected chi connectivity index (χ4v) is 3.08. The van der Waals surface area contributed by atoms with Crippen molar-refractivity contribution in [2.45, 2.75) is 24.8 Å². The van der Waals surface area contributed by atoms with Crippen molar-refractivity contribution < 1.29 is 19.1 Å². The lowest BCUT2D eigenvalue weighted by atomic mass is 10.1. The first-order valence-corrected chi connectivity index (χ1v) is 7.91. The molecule has 114 valence electrons. The SMILES string of the molecule is CC(C(=O)OCc1ccccc1)C1=NC2C=CSC2C(=O)O1. The molecular weight excluding hydrogens is 302 g/mol. The van der Waals surface area contributed by atoms with Gasteiger partial charge in [0.25, 0.3) is 0 Å². The Bertz CT molecular complexity index is 641. The van der Waals surface area contributed by atoms with E-state index in [4.69, 9.17) is 9.47 Å². The number of benzene rings is 1. The van der Waals surface area contributed by atoms with Crippen LogP contribution in [0.15, 0.2) is 46.8 Å². The fraction of sp³-hybridized carbons (Fsp3) is 0.312. The van der Waals surface area contributed by atoms with Crippen molar-refractivity contribution >= 4 is 29.6 Å². The van der Waals surface area contributed by atoms with E-state index in [1.807, 2.05) is 41.8 Å². The number of hydrogen-bond acceptors (Lipinski definition) is 6. The van der Waals surface area contributed by atoms with Crippen molar-refractivity contribution in [3.8, 4) is 0 Å². The first kappa shape index (κ1) is 14.8. The van der Waals surface area contributed by atoms with Crippen molar-refractivity contribution in [3.05, 3.63) is 47.4 Å². The Hall–Kier alpha value is -2.08. The number of carbonyl (C=O) groups is 2. The molecule has 0 radical (unpaired) electrons. The number of hydrogen-bond donors (Lipinski definition) is 0. The number of rotatable bonds is 4. The van der Waals surface area contributed by atoms with Gasteiger partial charge in [-0.15, -0.1) is 11.8 Å². The van der Waals surface area contributed by atoms with Gasteiger partial charge in [0.1, 0.15) is 17.8 Å². The number of fused-ring (bicyclic) bond motifs is 1. The summed E-state index contributed by atoms with van der Waals surface area (Å²) in [7, 11) is 0. The molecular formula is C16H15NO4S. The molecule has 3 atom stereocenters. The minimum absolute atomic E-state index is 0.136. The zero-order valence-electron chi connectivity index (χ0n) is 12.0. The van der Waals surface area contributed by atoms with Gasteiger partial charge in [0, 0.05) is 0 Å². The van der Waals surface area contributed by atoms with E-state index in [1.165, 1.54) is 11.8 Å². The van der Waals surface area contributed by atoms with Gasteiger partial charge >= 0.3 is 11.9 Å². The number of cyclic esters (lactones) is 1. The maximum absolute atomic E-state index is 12.1. The lowest BCUT2D eigenvalue weighted by molar-refractivity contribution is -0.147. The molecule has 3 rings (SSSR count). The minimum Gasteiger partial charge on any atom is -0.460 e. The van der Waals surface area contributed by atoms with Crippen molar-refractivity contribution in [1.82, 2.24) is 0 Å². The molecule has 0 fully saturated rings. The zero-order valence-corrected chi connectivity index (χ0v) is 12.8. The molecule has 22 heavy (non-hydrogen) atoms. The van der Waals surface area contributed by atoms with Crippen molar-refractivity contribution in [2.24, 2.45) is 10.9 Å². The second-order valence-electron chi connectivity index (χ2n) is 5.08. The predicted octanol–water partition coefficient (Wildman–Crippen LogP) is 2.32. The molecule has 0 bridgehead atoms. The highest BCUT2D eigenvalue weighted by atomic mass is 32.2. The van der Waals surface area contributed by atoms with Crippen molar-refractivity contribution in [1.29, 1.82) is 0 Å². The highest BCUT2D eigenvalue weighted by molar-refractivity contribution is 8.03. The van der Waals surface area contributed by atoms with Gasteiger partial charge in [-0.05, 0) is 17.9 Å². The maximum Gasteiger partial charge on any atom is 0.328 e. The third-order valence-electron chi connectivity index (χ3n) is 3.47. The van der Waals surface area contributed by atoms with Crippen LogP contribution in [0.1, 0.15) is 12.5 Å². The maximum atomic E-state index is 12.1. The van der Waals surface area contributed by atoms with Gasteiger partial charge in [-0.2, -0.15) is 0 Å². The molecule has 0 saturated heterocycles. The van der Waals surface area contributed by atoms with E-state index in [0.717, 1.165) is 5.56 Å². The first-order valence-electron chi connectivity index (χ1n) is 6.97. The summed E-state index contributed by atoms with van der Waals surface area (Å²) in [6, 6.07) is 9.16. The van der Waals surface area contributed by atoms with Crippen LogP contribution in [0.2, 0.25) is 0 Å². The molecule has 2 aliphatic rings. The van der Waals surface area contributed by atoms with Gasteiger partial charge in [0.2, 0.25) is 5.90 Å². The summed E-state index contributed by atoms with van der Waals surface area (Å²) >= 11 is 1.39. The lowest BCUT2D eigenvalue weighted by Crippen LogP contribution is -2.39. The number of nitrogens with zero attached hydrogens (tertiary/aromatic N) is 1. The Kier molecular flexibility index (Phi) is 4.29. The normalized spacial score (nSPS) is 24.2. The van der Waals surface area contributed by atoms with Crippen LogP contribution in [0.4, 0.5) is 0 Å². The Morgan fingerprint density at radius 2 is 2.18 bits per heavy atom. The van der Waals surface area contributed by atoms with Crippen LogP contribution in [0.3, 0.4) is 0 Å². The molecule has 0 saturated carbocycles. The highest BCUT2D eigenvalue weighted by Crippen LogP contribution is 2.31. The molecule has 1 aromatic carbocycles. The highest BCUT2D eigenvalue weighted by Gasteiger charge is 2.39.